The van der Waals surface area contributed by atoms with E-state index in [4.69, 9.17) is 0 Å². The standard InChI is InChI=1S/C10H21N3O2/c1-4-5-9(14)12-8-10(15)11-6-7-13(2)3/h4-8H2,1-3H3,(H,11,15)(H,12,14). The average Bonchev–Trinajstić information content (AvgIpc) is 2.14. The summed E-state index contributed by atoms with van der Waals surface area (Å²) < 4.78 is 0. The lowest BCUT2D eigenvalue weighted by atomic mass is 10.3. The van der Waals surface area contributed by atoms with Gasteiger partial charge in [-0.15, -0.1) is 0 Å². The minimum atomic E-state index is -0.138. The molecule has 0 saturated carbocycles. The van der Waals surface area contributed by atoms with Gasteiger partial charge < -0.3 is 15.5 Å². The van der Waals surface area contributed by atoms with Crippen LogP contribution in [0, 0.1) is 0 Å². The fourth-order valence-corrected chi connectivity index (χ4v) is 0.976. The van der Waals surface area contributed by atoms with Crippen molar-refractivity contribution in [2.75, 3.05) is 33.7 Å². The second-order valence-electron chi connectivity index (χ2n) is 3.68. The van der Waals surface area contributed by atoms with Crippen molar-refractivity contribution in [3.63, 3.8) is 0 Å². The Hall–Kier alpha value is -1.10. The first-order valence-corrected chi connectivity index (χ1v) is 5.24. The average molecular weight is 215 g/mol. The molecule has 0 aliphatic rings. The van der Waals surface area contributed by atoms with Gasteiger partial charge in [0.15, 0.2) is 0 Å². The molecule has 0 atom stereocenters. The number of hydrogen-bond acceptors (Lipinski definition) is 3. The Morgan fingerprint density at radius 3 is 2.33 bits per heavy atom. The number of rotatable bonds is 7. The Morgan fingerprint density at radius 1 is 1.13 bits per heavy atom. The molecule has 0 rings (SSSR count). The molecule has 5 heteroatoms. The van der Waals surface area contributed by atoms with Gasteiger partial charge in [0.1, 0.15) is 0 Å². The summed E-state index contributed by atoms with van der Waals surface area (Å²) in [5.74, 6) is -0.207. The van der Waals surface area contributed by atoms with Gasteiger partial charge in [0.05, 0.1) is 6.54 Å². The fourth-order valence-electron chi connectivity index (χ4n) is 0.976. The van der Waals surface area contributed by atoms with Crippen LogP contribution in [0.3, 0.4) is 0 Å². The molecule has 0 aliphatic carbocycles. The molecule has 15 heavy (non-hydrogen) atoms. The molecule has 0 aliphatic heterocycles. The zero-order valence-corrected chi connectivity index (χ0v) is 9.80. The molecule has 0 aromatic carbocycles. The molecule has 88 valence electrons. The van der Waals surface area contributed by atoms with Crippen LogP contribution in [0.15, 0.2) is 0 Å². The smallest absolute Gasteiger partial charge is 0.239 e. The predicted octanol–water partition coefficient (Wildman–Crippen LogP) is -0.419. The highest BCUT2D eigenvalue weighted by Gasteiger charge is 2.03. The van der Waals surface area contributed by atoms with E-state index in [0.717, 1.165) is 13.0 Å². The van der Waals surface area contributed by atoms with Crippen LogP contribution >= 0.6 is 0 Å². The highest BCUT2D eigenvalue weighted by molar-refractivity contribution is 5.84. The minimum absolute atomic E-state index is 0.0692. The quantitative estimate of drug-likeness (QED) is 0.606. The van der Waals surface area contributed by atoms with Crippen molar-refractivity contribution in [3.8, 4) is 0 Å². The Labute approximate surface area is 91.2 Å². The van der Waals surface area contributed by atoms with Gasteiger partial charge in [0.2, 0.25) is 11.8 Å². The molecule has 2 N–H and O–H groups in total. The number of nitrogens with zero attached hydrogens (tertiary/aromatic N) is 1. The van der Waals surface area contributed by atoms with Crippen LogP contribution in [-0.2, 0) is 9.59 Å². The monoisotopic (exact) mass is 215 g/mol. The maximum absolute atomic E-state index is 11.2. The van der Waals surface area contributed by atoms with Crippen LogP contribution in [0.4, 0.5) is 0 Å². The van der Waals surface area contributed by atoms with E-state index < -0.39 is 0 Å². The molecule has 0 saturated heterocycles. The summed E-state index contributed by atoms with van der Waals surface area (Å²) in [6.07, 6.45) is 1.28. The van der Waals surface area contributed by atoms with Gasteiger partial charge in [0.25, 0.3) is 0 Å². The normalized spacial score (nSPS) is 10.1. The minimum Gasteiger partial charge on any atom is -0.353 e. The summed E-state index contributed by atoms with van der Waals surface area (Å²) in [5.41, 5.74) is 0. The molecule has 0 bridgehead atoms. The number of amides is 2. The first kappa shape index (κ1) is 13.9. The summed E-state index contributed by atoms with van der Waals surface area (Å²) in [5, 5.41) is 5.27. The number of likely N-dealkylation sites (N-methyl/N-ethyl adjacent to an activating group) is 1. The SMILES string of the molecule is CCCC(=O)NCC(=O)NCCN(C)C. The molecule has 0 aromatic rings. The molecule has 2 amide bonds. The van der Waals surface area contributed by atoms with Gasteiger partial charge in [-0.2, -0.15) is 0 Å². The third-order valence-electron chi connectivity index (χ3n) is 1.80. The molecule has 0 heterocycles. The summed E-state index contributed by atoms with van der Waals surface area (Å²) >= 11 is 0. The molecule has 0 fully saturated rings. The van der Waals surface area contributed by atoms with Crippen LogP contribution in [0.2, 0.25) is 0 Å². The van der Waals surface area contributed by atoms with Crippen molar-refractivity contribution in [2.45, 2.75) is 19.8 Å². The molecular formula is C10H21N3O2. The summed E-state index contributed by atoms with van der Waals surface area (Å²) in [6.45, 7) is 3.41. The zero-order valence-electron chi connectivity index (χ0n) is 9.80. The van der Waals surface area contributed by atoms with E-state index in [1.807, 2.05) is 25.9 Å². The van der Waals surface area contributed by atoms with Gasteiger partial charge in [-0.1, -0.05) is 6.92 Å². The molecule has 0 unspecified atom stereocenters. The zero-order chi connectivity index (χ0) is 11.7. The largest absolute Gasteiger partial charge is 0.353 e. The summed E-state index contributed by atoms with van der Waals surface area (Å²) in [7, 11) is 3.88. The number of nitrogens with one attached hydrogen (secondary N) is 2. The van der Waals surface area contributed by atoms with E-state index in [2.05, 4.69) is 10.6 Å². The molecule has 0 radical (unpaired) electrons. The van der Waals surface area contributed by atoms with Crippen molar-refractivity contribution < 1.29 is 9.59 Å². The van der Waals surface area contributed by atoms with Crippen molar-refractivity contribution in [1.29, 1.82) is 0 Å². The Bertz CT molecular complexity index is 205. The lowest BCUT2D eigenvalue weighted by molar-refractivity contribution is -0.126. The second kappa shape index (κ2) is 8.23. The van der Waals surface area contributed by atoms with Crippen LogP contribution in [-0.4, -0.2) is 50.4 Å². The van der Waals surface area contributed by atoms with E-state index in [1.54, 1.807) is 0 Å². The molecule has 0 spiro atoms. The summed E-state index contributed by atoms with van der Waals surface area (Å²) in [4.78, 5) is 24.2. The summed E-state index contributed by atoms with van der Waals surface area (Å²) in [6, 6.07) is 0. The number of carbonyl (C=O) groups is 2. The Balaban J connectivity index is 3.45. The van der Waals surface area contributed by atoms with Crippen molar-refractivity contribution in [3.05, 3.63) is 0 Å². The van der Waals surface area contributed by atoms with E-state index in [9.17, 15) is 9.59 Å². The van der Waals surface area contributed by atoms with Crippen LogP contribution in [0.1, 0.15) is 19.8 Å². The highest BCUT2D eigenvalue weighted by Crippen LogP contribution is 1.84. The van der Waals surface area contributed by atoms with E-state index in [-0.39, 0.29) is 18.4 Å². The van der Waals surface area contributed by atoms with Gasteiger partial charge in [-0.25, -0.2) is 0 Å². The van der Waals surface area contributed by atoms with E-state index >= 15 is 0 Å². The van der Waals surface area contributed by atoms with Crippen molar-refractivity contribution in [1.82, 2.24) is 15.5 Å². The van der Waals surface area contributed by atoms with Crippen molar-refractivity contribution >= 4 is 11.8 Å². The molecule has 0 aromatic heterocycles. The third-order valence-corrected chi connectivity index (χ3v) is 1.80. The maximum atomic E-state index is 11.2. The Morgan fingerprint density at radius 2 is 1.80 bits per heavy atom. The highest BCUT2D eigenvalue weighted by atomic mass is 16.2. The third kappa shape index (κ3) is 9.21. The van der Waals surface area contributed by atoms with Gasteiger partial charge in [-0.3, -0.25) is 9.59 Å². The molecular weight excluding hydrogens is 194 g/mol. The lowest BCUT2D eigenvalue weighted by Gasteiger charge is -2.10. The topological polar surface area (TPSA) is 61.4 Å². The van der Waals surface area contributed by atoms with Gasteiger partial charge in [0, 0.05) is 19.5 Å². The van der Waals surface area contributed by atoms with Crippen LogP contribution in [0.25, 0.3) is 0 Å². The van der Waals surface area contributed by atoms with Crippen molar-refractivity contribution in [2.24, 2.45) is 0 Å². The first-order chi connectivity index (χ1) is 7.06. The van der Waals surface area contributed by atoms with Gasteiger partial charge in [-0.05, 0) is 20.5 Å². The van der Waals surface area contributed by atoms with E-state index in [1.165, 1.54) is 0 Å². The fraction of sp³-hybridized carbons (Fsp3) is 0.800. The first-order valence-electron chi connectivity index (χ1n) is 5.24. The molecule has 5 nitrogen and oxygen atoms in total. The van der Waals surface area contributed by atoms with E-state index in [0.29, 0.717) is 13.0 Å². The number of carbonyl (C=O) groups excluding carboxylic acids is 2. The second-order valence-corrected chi connectivity index (χ2v) is 3.68. The van der Waals surface area contributed by atoms with Crippen LogP contribution in [0.5, 0.6) is 0 Å². The number of hydrogen-bond donors (Lipinski definition) is 2. The lowest BCUT2D eigenvalue weighted by Crippen LogP contribution is -2.39. The van der Waals surface area contributed by atoms with Crippen LogP contribution < -0.4 is 10.6 Å². The Kier molecular flexibility index (Phi) is 7.62. The van der Waals surface area contributed by atoms with Gasteiger partial charge >= 0.3 is 0 Å². The predicted molar refractivity (Wildman–Crippen MR) is 59.5 cm³/mol. The maximum Gasteiger partial charge on any atom is 0.239 e.